The summed E-state index contributed by atoms with van der Waals surface area (Å²) in [5.74, 6) is -1.37. The average molecular weight is 320 g/mol. The molecule has 0 unspecified atom stereocenters. The fourth-order valence-electron chi connectivity index (χ4n) is 2.32. The first kappa shape index (κ1) is 25.8. The summed E-state index contributed by atoms with van der Waals surface area (Å²) in [6.45, 7) is 0. The largest absolute Gasteiger partial charge is 0.481 e. The first-order valence-corrected chi connectivity index (χ1v) is 8.06. The molecule has 0 saturated carbocycles. The molecule has 0 saturated heterocycles. The summed E-state index contributed by atoms with van der Waals surface area (Å²) in [5, 5.41) is 17.0. The fourth-order valence-corrected chi connectivity index (χ4v) is 2.32. The molecule has 0 radical (unpaired) electrons. The van der Waals surface area contributed by atoms with E-state index in [1.54, 1.807) is 0 Å². The number of aliphatic carboxylic acids is 2. The van der Waals surface area contributed by atoms with Crippen molar-refractivity contribution in [2.75, 3.05) is 0 Å². The Labute approximate surface area is 134 Å². The topological polar surface area (TPSA) is 145 Å². The van der Waals surface area contributed by atoms with Crippen LogP contribution in [0.2, 0.25) is 0 Å². The second-order valence-corrected chi connectivity index (χ2v) is 5.53. The Morgan fingerprint density at radius 2 is 0.636 bits per heavy atom. The average Bonchev–Trinajstić information content (AvgIpc) is 2.38. The van der Waals surface area contributed by atoms with Crippen molar-refractivity contribution >= 4 is 11.9 Å². The van der Waals surface area contributed by atoms with Crippen LogP contribution < -0.4 is 12.3 Å². The normalized spacial score (nSPS) is 9.64. The van der Waals surface area contributed by atoms with Gasteiger partial charge >= 0.3 is 11.9 Å². The molecule has 0 bridgehead atoms. The van der Waals surface area contributed by atoms with Gasteiger partial charge < -0.3 is 22.5 Å². The quantitative estimate of drug-likeness (QED) is 0.314. The SMILES string of the molecule is N.N.O=C(O)CCCCCCCCCCCCCCC(=O)O. The number of rotatable bonds is 15. The molecule has 0 aliphatic carbocycles. The molecule has 6 nitrogen and oxygen atoms in total. The number of carbonyl (C=O) groups is 2. The van der Waals surface area contributed by atoms with Gasteiger partial charge in [0.1, 0.15) is 0 Å². The van der Waals surface area contributed by atoms with E-state index in [9.17, 15) is 9.59 Å². The van der Waals surface area contributed by atoms with E-state index in [-0.39, 0.29) is 12.3 Å². The highest BCUT2D eigenvalue weighted by Gasteiger charge is 1.98. The third kappa shape index (κ3) is 23.9. The summed E-state index contributed by atoms with van der Waals surface area (Å²) in [6, 6.07) is 0. The van der Waals surface area contributed by atoms with Gasteiger partial charge in [-0.15, -0.1) is 0 Å². The van der Waals surface area contributed by atoms with Gasteiger partial charge in [0.15, 0.2) is 0 Å². The Morgan fingerprint density at radius 1 is 0.455 bits per heavy atom. The monoisotopic (exact) mass is 320 g/mol. The van der Waals surface area contributed by atoms with Gasteiger partial charge in [-0.25, -0.2) is 0 Å². The standard InChI is InChI=1S/C16H30O4.2H3N/c17-15(18)13-11-9-7-5-3-1-2-4-6-8-10-12-14-16(19)20;;/h1-14H2,(H,17,18)(H,19,20);2*1H3. The van der Waals surface area contributed by atoms with Gasteiger partial charge in [0, 0.05) is 12.8 Å². The van der Waals surface area contributed by atoms with E-state index in [1.165, 1.54) is 38.5 Å². The van der Waals surface area contributed by atoms with Crippen molar-refractivity contribution in [2.45, 2.75) is 89.9 Å². The van der Waals surface area contributed by atoms with Gasteiger partial charge in [-0.3, -0.25) is 9.59 Å². The molecule has 6 heteroatoms. The highest BCUT2D eigenvalue weighted by atomic mass is 16.4. The van der Waals surface area contributed by atoms with Crippen molar-refractivity contribution in [3.63, 3.8) is 0 Å². The zero-order chi connectivity index (χ0) is 15.1. The van der Waals surface area contributed by atoms with Crippen molar-refractivity contribution in [2.24, 2.45) is 0 Å². The first-order valence-electron chi connectivity index (χ1n) is 8.06. The Kier molecular flexibility index (Phi) is 23.3. The van der Waals surface area contributed by atoms with Crippen molar-refractivity contribution < 1.29 is 19.8 Å². The molecule has 0 aliphatic rings. The summed E-state index contributed by atoms with van der Waals surface area (Å²) >= 11 is 0. The van der Waals surface area contributed by atoms with Crippen LogP contribution in [0.5, 0.6) is 0 Å². The van der Waals surface area contributed by atoms with Crippen LogP contribution in [-0.4, -0.2) is 22.2 Å². The third-order valence-corrected chi connectivity index (χ3v) is 3.53. The van der Waals surface area contributed by atoms with E-state index >= 15 is 0 Å². The Hall–Kier alpha value is -1.14. The molecule has 0 aliphatic heterocycles. The highest BCUT2D eigenvalue weighted by Crippen LogP contribution is 2.12. The summed E-state index contributed by atoms with van der Waals surface area (Å²) in [4.78, 5) is 20.6. The second-order valence-electron chi connectivity index (χ2n) is 5.53. The summed E-state index contributed by atoms with van der Waals surface area (Å²) < 4.78 is 0. The molecule has 0 fully saturated rings. The van der Waals surface area contributed by atoms with E-state index < -0.39 is 11.9 Å². The molecule has 0 aromatic rings. The molecular formula is C16H36N2O4. The maximum absolute atomic E-state index is 10.3. The number of hydrogen-bond donors (Lipinski definition) is 4. The Balaban J connectivity index is -0.00000180. The number of hydrogen-bond acceptors (Lipinski definition) is 4. The van der Waals surface area contributed by atoms with Crippen LogP contribution in [0, 0.1) is 0 Å². The lowest BCUT2D eigenvalue weighted by Gasteiger charge is -2.02. The van der Waals surface area contributed by atoms with Crippen LogP contribution in [0.1, 0.15) is 89.9 Å². The zero-order valence-corrected chi connectivity index (χ0v) is 14.0. The van der Waals surface area contributed by atoms with Gasteiger partial charge in [0.2, 0.25) is 0 Å². The van der Waals surface area contributed by atoms with Crippen LogP contribution >= 0.6 is 0 Å². The minimum Gasteiger partial charge on any atom is -0.481 e. The van der Waals surface area contributed by atoms with Gasteiger partial charge in [-0.2, -0.15) is 0 Å². The molecule has 134 valence electrons. The summed E-state index contributed by atoms with van der Waals surface area (Å²) in [5.41, 5.74) is 0. The van der Waals surface area contributed by atoms with Gasteiger partial charge in [0.25, 0.3) is 0 Å². The molecule has 0 aromatic heterocycles. The van der Waals surface area contributed by atoms with E-state index in [0.717, 1.165) is 38.5 Å². The number of carboxylic acid groups (broad SMARTS) is 2. The van der Waals surface area contributed by atoms with Crippen LogP contribution in [0.25, 0.3) is 0 Å². The molecule has 0 aromatic carbocycles. The molecule has 0 rings (SSSR count). The van der Waals surface area contributed by atoms with Crippen LogP contribution in [-0.2, 0) is 9.59 Å². The minimum absolute atomic E-state index is 0. The van der Waals surface area contributed by atoms with Gasteiger partial charge in [-0.1, -0.05) is 64.2 Å². The third-order valence-electron chi connectivity index (χ3n) is 3.53. The maximum Gasteiger partial charge on any atom is 0.303 e. The molecular weight excluding hydrogens is 284 g/mol. The summed E-state index contributed by atoms with van der Waals surface area (Å²) in [6.07, 6.45) is 14.1. The Bertz CT molecular complexity index is 235. The van der Waals surface area contributed by atoms with Crippen molar-refractivity contribution in [3.05, 3.63) is 0 Å². The zero-order valence-electron chi connectivity index (χ0n) is 14.0. The predicted molar refractivity (Wildman–Crippen MR) is 90.0 cm³/mol. The van der Waals surface area contributed by atoms with E-state index in [1.807, 2.05) is 0 Å². The van der Waals surface area contributed by atoms with Gasteiger partial charge in [0.05, 0.1) is 0 Å². The number of unbranched alkanes of at least 4 members (excludes halogenated alkanes) is 11. The van der Waals surface area contributed by atoms with Crippen LogP contribution in [0.3, 0.4) is 0 Å². The lowest BCUT2D eigenvalue weighted by molar-refractivity contribution is -0.138. The van der Waals surface area contributed by atoms with Crippen molar-refractivity contribution in [1.82, 2.24) is 12.3 Å². The maximum atomic E-state index is 10.3. The summed E-state index contributed by atoms with van der Waals surface area (Å²) in [7, 11) is 0. The van der Waals surface area contributed by atoms with Crippen LogP contribution in [0.15, 0.2) is 0 Å². The first-order chi connectivity index (χ1) is 9.63. The second kappa shape index (κ2) is 19.9. The molecule has 22 heavy (non-hydrogen) atoms. The molecule has 0 atom stereocenters. The lowest BCUT2D eigenvalue weighted by atomic mass is 10.0. The van der Waals surface area contributed by atoms with Gasteiger partial charge in [-0.05, 0) is 12.8 Å². The van der Waals surface area contributed by atoms with Crippen molar-refractivity contribution in [1.29, 1.82) is 0 Å². The molecule has 0 amide bonds. The van der Waals surface area contributed by atoms with Crippen molar-refractivity contribution in [3.8, 4) is 0 Å². The highest BCUT2D eigenvalue weighted by molar-refractivity contribution is 5.66. The lowest BCUT2D eigenvalue weighted by Crippen LogP contribution is -1.93. The smallest absolute Gasteiger partial charge is 0.303 e. The van der Waals surface area contributed by atoms with E-state index in [2.05, 4.69) is 0 Å². The molecule has 0 spiro atoms. The molecule has 8 N–H and O–H groups in total. The molecule has 0 heterocycles. The minimum atomic E-state index is -0.687. The number of carboxylic acids is 2. The predicted octanol–water partition coefficient (Wildman–Crippen LogP) is 4.94. The van der Waals surface area contributed by atoms with E-state index in [4.69, 9.17) is 10.2 Å². The van der Waals surface area contributed by atoms with E-state index in [0.29, 0.717) is 12.8 Å². The Morgan fingerprint density at radius 3 is 0.818 bits per heavy atom. The van der Waals surface area contributed by atoms with Crippen LogP contribution in [0.4, 0.5) is 0 Å². The fraction of sp³-hybridized carbons (Fsp3) is 0.875.